The molecule has 1 radical (unpaired) electrons. The third-order valence-electron chi connectivity index (χ3n) is 3.63. The van der Waals surface area contributed by atoms with Crippen molar-refractivity contribution in [3.8, 4) is 0 Å². The Labute approximate surface area is 124 Å². The molecule has 1 fully saturated rings. The van der Waals surface area contributed by atoms with Gasteiger partial charge < -0.3 is 12.7 Å². The van der Waals surface area contributed by atoms with E-state index in [4.69, 9.17) is 0 Å². The van der Waals surface area contributed by atoms with E-state index < -0.39 is 0 Å². The minimum atomic E-state index is 0. The number of rotatable bonds is 0. The molecule has 0 saturated heterocycles. The van der Waals surface area contributed by atoms with Gasteiger partial charge in [0.25, 0.3) is 0 Å². The van der Waals surface area contributed by atoms with Crippen molar-refractivity contribution in [2.45, 2.75) is 31.6 Å². The van der Waals surface area contributed by atoms with Gasteiger partial charge in [0.2, 0.25) is 0 Å². The number of anilines is 1. The van der Waals surface area contributed by atoms with Gasteiger partial charge in [-0.1, -0.05) is 37.5 Å². The normalized spacial score (nSPS) is 26.2. The van der Waals surface area contributed by atoms with Crippen LogP contribution in [0.3, 0.4) is 0 Å². The molecule has 1 N–H and O–H groups in total. The van der Waals surface area contributed by atoms with E-state index in [2.05, 4.69) is 36.1 Å². The molecular weight excluding hydrogens is 271 g/mol. The predicted molar refractivity (Wildman–Crippen MR) is 65.5 cm³/mol. The molecule has 1 saturated carbocycles. The summed E-state index contributed by atoms with van der Waals surface area (Å²) in [6.07, 6.45) is 5.55. The molecule has 1 aromatic rings. The number of hydrogen-bond donors (Lipinski definition) is 1. The average molecular weight is 290 g/mol. The fourth-order valence-electron chi connectivity index (χ4n) is 2.89. The molecule has 1 heterocycles. The van der Waals surface area contributed by atoms with Crippen LogP contribution >= 0.6 is 0 Å². The molecule has 1 aromatic carbocycles. The molecule has 2 unspecified atom stereocenters. The minimum Gasteiger partial charge on any atom is -0.535 e. The van der Waals surface area contributed by atoms with E-state index in [1.54, 1.807) is 5.56 Å². The molecule has 16 heavy (non-hydrogen) atoms. The van der Waals surface area contributed by atoms with Crippen LogP contribution in [0.15, 0.2) is 24.3 Å². The van der Waals surface area contributed by atoms with Crippen LogP contribution in [0.2, 0.25) is 0 Å². The Bertz CT molecular complexity index is 337. The molecular formula is C14H19NY-2. The Hall–Kier alpha value is 0.124. The molecule has 1 aliphatic heterocycles. The Balaban J connectivity index is 0.000000640. The third kappa shape index (κ3) is 2.51. The van der Waals surface area contributed by atoms with E-state index in [1.165, 1.54) is 31.4 Å². The second-order valence-corrected chi connectivity index (χ2v) is 4.45. The summed E-state index contributed by atoms with van der Waals surface area (Å²) in [7, 11) is 0. The van der Waals surface area contributed by atoms with Gasteiger partial charge in [-0.05, 0) is 24.0 Å². The number of fused-ring (bicyclic) bond motifs is 3. The summed E-state index contributed by atoms with van der Waals surface area (Å²) in [6, 6.07) is 8.76. The number of hydrogen-bond acceptors (Lipinski definition) is 1. The monoisotopic (exact) mass is 290 g/mol. The van der Waals surface area contributed by atoms with Crippen molar-refractivity contribution in [2.75, 3.05) is 5.32 Å². The van der Waals surface area contributed by atoms with Crippen LogP contribution in [0.1, 0.15) is 37.2 Å². The van der Waals surface area contributed by atoms with E-state index in [1.807, 2.05) is 0 Å². The largest absolute Gasteiger partial charge is 0.535 e. The zero-order valence-electron chi connectivity index (χ0n) is 9.95. The Morgan fingerprint density at radius 3 is 2.75 bits per heavy atom. The molecule has 0 amide bonds. The first kappa shape index (κ1) is 14.2. The molecule has 2 heteroatoms. The van der Waals surface area contributed by atoms with Gasteiger partial charge in [0.05, 0.1) is 0 Å². The zero-order chi connectivity index (χ0) is 9.38. The van der Waals surface area contributed by atoms with Gasteiger partial charge in [0.1, 0.15) is 0 Å². The molecule has 2 atom stereocenters. The van der Waals surface area contributed by atoms with E-state index in [0.29, 0.717) is 0 Å². The van der Waals surface area contributed by atoms with Crippen molar-refractivity contribution in [2.24, 2.45) is 5.92 Å². The molecule has 0 bridgehead atoms. The van der Waals surface area contributed by atoms with Crippen LogP contribution in [0.25, 0.3) is 0 Å². The van der Waals surface area contributed by atoms with Crippen LogP contribution in [0.4, 0.5) is 5.69 Å². The number of benzene rings is 1. The van der Waals surface area contributed by atoms with Crippen LogP contribution in [0, 0.1) is 19.9 Å². The van der Waals surface area contributed by atoms with Crippen LogP contribution < -0.4 is 5.32 Å². The first-order chi connectivity index (χ1) is 6.95. The quantitative estimate of drug-likeness (QED) is 0.712. The van der Waals surface area contributed by atoms with Gasteiger partial charge in [-0.15, -0.1) is 5.92 Å². The summed E-state index contributed by atoms with van der Waals surface area (Å²) in [5.74, 6) is 1.57. The molecule has 1 aliphatic carbocycles. The smallest absolute Gasteiger partial charge is 0.00810 e. The van der Waals surface area contributed by atoms with E-state index in [9.17, 15) is 0 Å². The summed E-state index contributed by atoms with van der Waals surface area (Å²) < 4.78 is 0. The number of nitrogens with one attached hydrogen (secondary N) is 1. The first-order valence-corrected chi connectivity index (χ1v) is 5.64. The molecule has 1 nitrogen and oxygen atoms in total. The Morgan fingerprint density at radius 2 is 1.88 bits per heavy atom. The Morgan fingerprint density at radius 1 is 1.12 bits per heavy atom. The van der Waals surface area contributed by atoms with Crippen LogP contribution in [-0.2, 0) is 32.7 Å². The minimum absolute atomic E-state index is 0. The fourth-order valence-corrected chi connectivity index (χ4v) is 2.89. The van der Waals surface area contributed by atoms with Gasteiger partial charge in [0, 0.05) is 38.4 Å². The molecule has 0 spiro atoms. The van der Waals surface area contributed by atoms with Crippen molar-refractivity contribution < 1.29 is 32.7 Å². The summed E-state index contributed by atoms with van der Waals surface area (Å²) in [4.78, 5) is 0. The van der Waals surface area contributed by atoms with Crippen LogP contribution in [0.5, 0.6) is 0 Å². The van der Waals surface area contributed by atoms with Gasteiger partial charge in [0.15, 0.2) is 0 Å². The maximum atomic E-state index is 3.44. The molecule has 85 valence electrons. The topological polar surface area (TPSA) is 12.0 Å². The Kier molecular flexibility index (Phi) is 5.46. The summed E-state index contributed by atoms with van der Waals surface area (Å²) in [5, 5.41) is 3.44. The average Bonchev–Trinajstić information content (AvgIpc) is 2.29. The second-order valence-electron chi connectivity index (χ2n) is 4.45. The van der Waals surface area contributed by atoms with E-state index >= 15 is 0 Å². The maximum absolute atomic E-state index is 3.44. The molecule has 3 rings (SSSR count). The van der Waals surface area contributed by atoms with E-state index in [0.717, 1.165) is 11.8 Å². The van der Waals surface area contributed by atoms with Crippen molar-refractivity contribution in [1.82, 2.24) is 0 Å². The van der Waals surface area contributed by atoms with E-state index in [-0.39, 0.29) is 40.1 Å². The van der Waals surface area contributed by atoms with Gasteiger partial charge in [-0.25, -0.2) is 6.54 Å². The molecule has 0 aromatic heterocycles. The summed E-state index contributed by atoms with van der Waals surface area (Å²) in [6.45, 7) is 2.31. The third-order valence-corrected chi connectivity index (χ3v) is 3.63. The predicted octanol–water partition coefficient (Wildman–Crippen LogP) is 4.00. The van der Waals surface area contributed by atoms with Crippen molar-refractivity contribution >= 4 is 5.69 Å². The van der Waals surface area contributed by atoms with Crippen molar-refractivity contribution in [1.29, 1.82) is 0 Å². The van der Waals surface area contributed by atoms with Crippen LogP contribution in [-0.4, -0.2) is 0 Å². The summed E-state index contributed by atoms with van der Waals surface area (Å²) in [5.41, 5.74) is 2.87. The zero-order valence-corrected chi connectivity index (χ0v) is 12.8. The second kappa shape index (κ2) is 6.16. The van der Waals surface area contributed by atoms with Gasteiger partial charge >= 0.3 is 0 Å². The number of para-hydroxylation sites is 1. The fraction of sp³-hybridized carbons (Fsp3) is 0.429. The van der Waals surface area contributed by atoms with Gasteiger partial charge in [-0.2, -0.15) is 0 Å². The molecule has 2 aliphatic rings. The van der Waals surface area contributed by atoms with Gasteiger partial charge in [-0.3, -0.25) is 0 Å². The van der Waals surface area contributed by atoms with Crippen molar-refractivity contribution in [3.63, 3.8) is 0 Å². The standard InChI is InChI=1S/C13H16N.CH3.Y/c1-2-6-11-10(5-1)9-14-13-8-4-3-7-12(11)13;;/h3-4,7-11,14H,1-2,5-6H2;1H3;/q2*-1;. The maximum Gasteiger partial charge on any atom is 0.00810 e. The van der Waals surface area contributed by atoms with Crippen molar-refractivity contribution in [3.05, 3.63) is 43.8 Å². The SMILES string of the molecule is [CH3-].[Y].c1ccc2c(c1)N[CH-]C1CCCCC21. The summed E-state index contributed by atoms with van der Waals surface area (Å²) >= 11 is 0. The first-order valence-electron chi connectivity index (χ1n) is 5.64.